The maximum absolute atomic E-state index is 13.6. The Morgan fingerprint density at radius 2 is 1.67 bits per heavy atom. The van der Waals surface area contributed by atoms with E-state index < -0.39 is 0 Å². The molecular formula is C29H34N4O2S. The molecule has 0 unspecified atom stereocenters. The van der Waals surface area contributed by atoms with Gasteiger partial charge < -0.3 is 10.1 Å². The molecule has 4 aliphatic rings. The zero-order valence-corrected chi connectivity index (χ0v) is 21.7. The zero-order valence-electron chi connectivity index (χ0n) is 20.9. The molecule has 6 nitrogen and oxygen atoms in total. The van der Waals surface area contributed by atoms with Crippen LogP contribution in [0.4, 0.5) is 0 Å². The molecule has 0 spiro atoms. The lowest BCUT2D eigenvalue weighted by atomic mass is 9.49. The van der Waals surface area contributed by atoms with Gasteiger partial charge in [0.25, 0.3) is 0 Å². The van der Waals surface area contributed by atoms with Crippen LogP contribution >= 0.6 is 11.8 Å². The van der Waals surface area contributed by atoms with Crippen molar-refractivity contribution in [3.05, 3.63) is 66.0 Å². The fraction of sp³-hybridized carbons (Fsp3) is 0.483. The summed E-state index contributed by atoms with van der Waals surface area (Å²) in [5.74, 6) is 4.86. The van der Waals surface area contributed by atoms with Crippen LogP contribution in [0.2, 0.25) is 0 Å². The van der Waals surface area contributed by atoms with E-state index in [-0.39, 0.29) is 11.3 Å². The van der Waals surface area contributed by atoms with Crippen LogP contribution < -0.4 is 10.1 Å². The highest BCUT2D eigenvalue weighted by molar-refractivity contribution is 7.98. The quantitative estimate of drug-likeness (QED) is 0.375. The van der Waals surface area contributed by atoms with Crippen molar-refractivity contribution in [2.45, 2.75) is 62.9 Å². The molecular weight excluding hydrogens is 468 g/mol. The first kappa shape index (κ1) is 23.6. The van der Waals surface area contributed by atoms with E-state index in [4.69, 9.17) is 4.74 Å². The molecule has 0 aliphatic heterocycles. The highest BCUT2D eigenvalue weighted by Gasteiger charge is 2.54. The third-order valence-corrected chi connectivity index (χ3v) is 9.24. The molecule has 0 radical (unpaired) electrons. The lowest BCUT2D eigenvalue weighted by Gasteiger charge is -2.55. The predicted octanol–water partition coefficient (Wildman–Crippen LogP) is 5.79. The van der Waals surface area contributed by atoms with Crippen LogP contribution in [0.3, 0.4) is 0 Å². The first-order chi connectivity index (χ1) is 17.6. The van der Waals surface area contributed by atoms with Crippen LogP contribution in [0.1, 0.15) is 56.8 Å². The topological polar surface area (TPSA) is 69.0 Å². The number of nitrogens with zero attached hydrogens (tertiary/aromatic N) is 3. The molecule has 2 aromatic carbocycles. The maximum atomic E-state index is 13.6. The summed E-state index contributed by atoms with van der Waals surface area (Å²) < 4.78 is 7.71. The van der Waals surface area contributed by atoms with E-state index in [1.807, 2.05) is 37.3 Å². The Labute approximate surface area is 217 Å². The number of ether oxygens (including phenoxy) is 1. The van der Waals surface area contributed by atoms with Crippen molar-refractivity contribution in [3.8, 4) is 11.4 Å². The molecule has 36 heavy (non-hydrogen) atoms. The number of benzene rings is 2. The molecule has 0 atom stereocenters. The fourth-order valence-electron chi connectivity index (χ4n) is 7.08. The first-order valence-corrected chi connectivity index (χ1v) is 14.2. The number of carbonyl (C=O) groups excluding carboxylic acids is 1. The molecule has 4 fully saturated rings. The van der Waals surface area contributed by atoms with Crippen molar-refractivity contribution in [2.24, 2.45) is 23.2 Å². The Morgan fingerprint density at radius 3 is 2.31 bits per heavy atom. The van der Waals surface area contributed by atoms with Crippen LogP contribution in [-0.4, -0.2) is 27.3 Å². The van der Waals surface area contributed by atoms with Gasteiger partial charge in [-0.15, -0.1) is 10.2 Å². The molecule has 4 bridgehead atoms. The molecule has 1 aromatic heterocycles. The molecule has 188 valence electrons. The van der Waals surface area contributed by atoms with E-state index in [0.29, 0.717) is 13.2 Å². The molecule has 0 saturated heterocycles. The van der Waals surface area contributed by atoms with Gasteiger partial charge in [-0.25, -0.2) is 0 Å². The molecule has 4 saturated carbocycles. The minimum Gasteiger partial charge on any atom is -0.494 e. The van der Waals surface area contributed by atoms with Crippen molar-refractivity contribution in [3.63, 3.8) is 0 Å². The molecule has 3 aromatic rings. The molecule has 1 N–H and O–H groups in total. The van der Waals surface area contributed by atoms with Crippen LogP contribution in [-0.2, 0) is 17.1 Å². The average Bonchev–Trinajstić information content (AvgIpc) is 3.29. The van der Waals surface area contributed by atoms with Crippen LogP contribution in [0.5, 0.6) is 5.75 Å². The normalized spacial score (nSPS) is 26.2. The Morgan fingerprint density at radius 1 is 1.00 bits per heavy atom. The third kappa shape index (κ3) is 4.65. The van der Waals surface area contributed by atoms with Crippen LogP contribution in [0, 0.1) is 23.2 Å². The van der Waals surface area contributed by atoms with Gasteiger partial charge in [-0.1, -0.05) is 42.1 Å². The number of hydrogen-bond donors (Lipinski definition) is 1. The summed E-state index contributed by atoms with van der Waals surface area (Å²) in [6.45, 7) is 3.00. The number of rotatable bonds is 9. The van der Waals surface area contributed by atoms with E-state index in [2.05, 4.69) is 44.3 Å². The summed E-state index contributed by atoms with van der Waals surface area (Å²) in [5, 5.41) is 13.2. The standard InChI is InChI=1S/C29H34N4O2S/c1-2-35-25-10-8-24(9-11-25)33-26(31-32-28(33)36-19-20-6-4-3-5-7-20)18-30-27(34)29-15-21-12-22(16-29)14-23(13-21)17-29/h3-11,21-23H,2,12-19H2,1H3,(H,30,34). The van der Waals surface area contributed by atoms with Gasteiger partial charge in [-0.2, -0.15) is 0 Å². The molecule has 7 rings (SSSR count). The van der Waals surface area contributed by atoms with Gasteiger partial charge in [0.05, 0.1) is 13.2 Å². The number of hydrogen-bond acceptors (Lipinski definition) is 5. The Hall–Kier alpha value is -2.80. The second-order valence-corrected chi connectivity index (χ2v) is 11.8. The third-order valence-electron chi connectivity index (χ3n) is 8.24. The largest absolute Gasteiger partial charge is 0.494 e. The number of nitrogens with one attached hydrogen (secondary N) is 1. The predicted molar refractivity (Wildman–Crippen MR) is 141 cm³/mol. The van der Waals surface area contributed by atoms with Crippen molar-refractivity contribution in [2.75, 3.05) is 6.61 Å². The van der Waals surface area contributed by atoms with E-state index in [1.54, 1.807) is 11.8 Å². The highest BCUT2D eigenvalue weighted by atomic mass is 32.2. The van der Waals surface area contributed by atoms with Gasteiger partial charge in [0.1, 0.15) is 5.75 Å². The molecule has 7 heteroatoms. The number of amides is 1. The summed E-state index contributed by atoms with van der Waals surface area (Å²) in [7, 11) is 0. The number of thioether (sulfide) groups is 1. The van der Waals surface area contributed by atoms with Gasteiger partial charge in [-0.05, 0) is 93.0 Å². The second kappa shape index (κ2) is 9.92. The zero-order chi connectivity index (χ0) is 24.5. The summed E-state index contributed by atoms with van der Waals surface area (Å²) in [4.78, 5) is 13.6. The maximum Gasteiger partial charge on any atom is 0.226 e. The van der Waals surface area contributed by atoms with Crippen LogP contribution in [0.15, 0.2) is 59.8 Å². The molecule has 4 aliphatic carbocycles. The van der Waals surface area contributed by atoms with Crippen molar-refractivity contribution >= 4 is 17.7 Å². The number of carbonyl (C=O) groups is 1. The Bertz CT molecular complexity index is 1170. The smallest absolute Gasteiger partial charge is 0.226 e. The SMILES string of the molecule is CCOc1ccc(-n2c(CNC(=O)C34CC5CC(CC(C5)C3)C4)nnc2SCc2ccccc2)cc1. The van der Waals surface area contributed by atoms with Crippen molar-refractivity contribution < 1.29 is 9.53 Å². The van der Waals surface area contributed by atoms with Crippen molar-refractivity contribution in [1.82, 2.24) is 20.1 Å². The van der Waals surface area contributed by atoms with Gasteiger partial charge in [-0.3, -0.25) is 9.36 Å². The van der Waals surface area contributed by atoms with Gasteiger partial charge in [0, 0.05) is 16.9 Å². The summed E-state index contributed by atoms with van der Waals surface area (Å²) in [5.41, 5.74) is 2.04. The van der Waals surface area contributed by atoms with Crippen molar-refractivity contribution in [1.29, 1.82) is 0 Å². The minimum absolute atomic E-state index is 0.163. The first-order valence-electron chi connectivity index (χ1n) is 13.2. The second-order valence-electron chi connectivity index (χ2n) is 10.8. The molecule has 1 amide bonds. The average molecular weight is 503 g/mol. The van der Waals surface area contributed by atoms with E-state index in [0.717, 1.165) is 65.2 Å². The number of aromatic nitrogens is 3. The summed E-state index contributed by atoms with van der Waals surface area (Å²) >= 11 is 1.66. The monoisotopic (exact) mass is 502 g/mol. The fourth-order valence-corrected chi connectivity index (χ4v) is 8.01. The lowest BCUT2D eigenvalue weighted by Crippen LogP contribution is -2.53. The molecule has 1 heterocycles. The Kier molecular flexibility index (Phi) is 6.50. The van der Waals surface area contributed by atoms with Crippen LogP contribution in [0.25, 0.3) is 5.69 Å². The Balaban J connectivity index is 1.22. The van der Waals surface area contributed by atoms with E-state index in [1.165, 1.54) is 24.8 Å². The van der Waals surface area contributed by atoms with E-state index >= 15 is 0 Å². The van der Waals surface area contributed by atoms with Gasteiger partial charge >= 0.3 is 0 Å². The van der Waals surface area contributed by atoms with E-state index in [9.17, 15) is 4.79 Å². The van der Waals surface area contributed by atoms with Gasteiger partial charge in [0.15, 0.2) is 11.0 Å². The summed E-state index contributed by atoms with van der Waals surface area (Å²) in [6.07, 6.45) is 7.19. The lowest BCUT2D eigenvalue weighted by molar-refractivity contribution is -0.146. The minimum atomic E-state index is -0.163. The summed E-state index contributed by atoms with van der Waals surface area (Å²) in [6, 6.07) is 18.4. The van der Waals surface area contributed by atoms with Gasteiger partial charge in [0.2, 0.25) is 5.91 Å². The highest BCUT2D eigenvalue weighted by Crippen LogP contribution is 2.60.